The lowest BCUT2D eigenvalue weighted by atomic mass is 9.99. The van der Waals surface area contributed by atoms with Crippen LogP contribution in [0.15, 0.2) is 72.8 Å². The maximum absolute atomic E-state index is 10.6. The van der Waals surface area contributed by atoms with Gasteiger partial charge in [-0.05, 0) is 48.0 Å². The first-order chi connectivity index (χ1) is 16.4. The maximum atomic E-state index is 10.6. The van der Waals surface area contributed by atoms with Gasteiger partial charge in [0.15, 0.2) is 6.29 Å². The van der Waals surface area contributed by atoms with E-state index in [0.29, 0.717) is 30.8 Å². The van der Waals surface area contributed by atoms with E-state index in [2.05, 4.69) is 0 Å². The second-order valence-corrected chi connectivity index (χ2v) is 8.85. The van der Waals surface area contributed by atoms with Crippen LogP contribution in [0.5, 0.6) is 5.75 Å². The van der Waals surface area contributed by atoms with Crippen LogP contribution in [0.25, 0.3) is 0 Å². The van der Waals surface area contributed by atoms with Crippen molar-refractivity contribution in [1.29, 1.82) is 0 Å². The molecule has 1 aliphatic heterocycles. The first kappa shape index (κ1) is 24.2. The minimum atomic E-state index is -0.733. The van der Waals surface area contributed by atoms with Gasteiger partial charge in [0, 0.05) is 30.8 Å². The molecule has 7 heteroatoms. The zero-order chi connectivity index (χ0) is 24.1. The average Bonchev–Trinajstić information content (AvgIpc) is 2.84. The Labute approximate surface area is 200 Å². The summed E-state index contributed by atoms with van der Waals surface area (Å²) >= 11 is 0. The molecule has 1 aliphatic rings. The summed E-state index contributed by atoms with van der Waals surface area (Å²) in [6.07, 6.45) is -1.01. The Morgan fingerprint density at radius 2 is 1.76 bits per heavy atom. The Hall–Kier alpha value is -2.94. The van der Waals surface area contributed by atoms with Crippen molar-refractivity contribution in [2.24, 2.45) is 0 Å². The summed E-state index contributed by atoms with van der Waals surface area (Å²) in [6.45, 7) is 0.974. The number of ether oxygens (including phenoxy) is 2. The quantitative estimate of drug-likeness (QED) is 0.377. The lowest BCUT2D eigenvalue weighted by Crippen LogP contribution is -2.39. The molecule has 0 amide bonds. The van der Waals surface area contributed by atoms with E-state index in [1.807, 2.05) is 60.5 Å². The number of nitrogens with zero attached hydrogens (tertiary/aromatic N) is 1. The Bertz CT molecular complexity index is 1070. The molecule has 3 aromatic rings. The smallest absolute Gasteiger partial charge is 0.185 e. The molecule has 0 aliphatic carbocycles. The number of aromatic hydroxyl groups is 1. The number of hydrogen-bond acceptors (Lipinski definition) is 7. The van der Waals surface area contributed by atoms with Crippen LogP contribution in [0, 0.1) is 0 Å². The molecule has 34 heavy (non-hydrogen) atoms. The number of benzene rings is 3. The zero-order valence-corrected chi connectivity index (χ0v) is 19.2. The van der Waals surface area contributed by atoms with E-state index in [1.54, 1.807) is 24.3 Å². The number of hydrogen-bond donors (Lipinski definition) is 4. The number of phenols is 1. The molecule has 1 saturated heterocycles. The van der Waals surface area contributed by atoms with Crippen molar-refractivity contribution in [1.82, 2.24) is 4.90 Å². The molecule has 4 rings (SSSR count). The van der Waals surface area contributed by atoms with Gasteiger partial charge in [0.05, 0.1) is 24.9 Å². The SMILES string of the molecule is CN(C[C@@H]1C[C@H](c2ccc(CO)cc2)O[C@H](c2cccc(N)c2)O1)C[C@@H](O)c1cccc(O)c1. The maximum Gasteiger partial charge on any atom is 0.185 e. The fraction of sp³-hybridized carbons (Fsp3) is 0.333. The molecule has 1 heterocycles. The van der Waals surface area contributed by atoms with E-state index < -0.39 is 12.4 Å². The minimum absolute atomic E-state index is 0.00420. The summed E-state index contributed by atoms with van der Waals surface area (Å²) in [6, 6.07) is 21.9. The van der Waals surface area contributed by atoms with E-state index in [-0.39, 0.29) is 24.6 Å². The molecular formula is C27H32N2O5. The van der Waals surface area contributed by atoms with E-state index in [1.165, 1.54) is 0 Å². The van der Waals surface area contributed by atoms with Crippen molar-refractivity contribution < 1.29 is 24.8 Å². The first-order valence-electron chi connectivity index (χ1n) is 11.4. The monoisotopic (exact) mass is 464 g/mol. The summed E-state index contributed by atoms with van der Waals surface area (Å²) in [7, 11) is 1.94. The van der Waals surface area contributed by atoms with Gasteiger partial charge in [0.25, 0.3) is 0 Å². The molecule has 3 aromatic carbocycles. The summed E-state index contributed by atoms with van der Waals surface area (Å²) in [4.78, 5) is 2.02. The van der Waals surface area contributed by atoms with Gasteiger partial charge in [0.1, 0.15) is 5.75 Å². The minimum Gasteiger partial charge on any atom is -0.508 e. The number of nitrogen functional groups attached to an aromatic ring is 1. The van der Waals surface area contributed by atoms with Crippen LogP contribution in [0.2, 0.25) is 0 Å². The van der Waals surface area contributed by atoms with Gasteiger partial charge in [0.2, 0.25) is 0 Å². The molecule has 0 aromatic heterocycles. The van der Waals surface area contributed by atoms with Crippen LogP contribution in [-0.4, -0.2) is 46.5 Å². The van der Waals surface area contributed by atoms with E-state index >= 15 is 0 Å². The highest BCUT2D eigenvalue weighted by molar-refractivity contribution is 5.41. The lowest BCUT2D eigenvalue weighted by molar-refractivity contribution is -0.252. The van der Waals surface area contributed by atoms with Crippen LogP contribution in [-0.2, 0) is 16.1 Å². The topological polar surface area (TPSA) is 108 Å². The van der Waals surface area contributed by atoms with Gasteiger partial charge in [-0.1, -0.05) is 48.5 Å². The van der Waals surface area contributed by atoms with Gasteiger partial charge in [-0.25, -0.2) is 0 Å². The van der Waals surface area contributed by atoms with Crippen molar-refractivity contribution in [3.8, 4) is 5.75 Å². The van der Waals surface area contributed by atoms with Gasteiger partial charge in [-0.15, -0.1) is 0 Å². The zero-order valence-electron chi connectivity index (χ0n) is 19.2. The van der Waals surface area contributed by atoms with Gasteiger partial charge >= 0.3 is 0 Å². The highest BCUT2D eigenvalue weighted by atomic mass is 16.7. The molecule has 0 radical (unpaired) electrons. The van der Waals surface area contributed by atoms with Crippen LogP contribution in [0.1, 0.15) is 47.2 Å². The number of anilines is 1. The van der Waals surface area contributed by atoms with Gasteiger partial charge < -0.3 is 35.4 Å². The summed E-state index contributed by atoms with van der Waals surface area (Å²) < 4.78 is 12.6. The van der Waals surface area contributed by atoms with Crippen molar-refractivity contribution in [2.75, 3.05) is 25.9 Å². The Morgan fingerprint density at radius 3 is 2.47 bits per heavy atom. The second kappa shape index (κ2) is 11.0. The van der Waals surface area contributed by atoms with E-state index in [9.17, 15) is 15.3 Å². The van der Waals surface area contributed by atoms with Crippen LogP contribution in [0.4, 0.5) is 5.69 Å². The average molecular weight is 465 g/mol. The predicted molar refractivity (Wildman–Crippen MR) is 130 cm³/mol. The fourth-order valence-corrected chi connectivity index (χ4v) is 4.29. The van der Waals surface area contributed by atoms with Crippen molar-refractivity contribution >= 4 is 5.69 Å². The molecule has 1 fully saturated rings. The molecule has 0 bridgehead atoms. The number of aliphatic hydroxyl groups is 2. The first-order valence-corrected chi connectivity index (χ1v) is 11.4. The number of rotatable bonds is 8. The molecule has 0 unspecified atom stereocenters. The number of phenolic OH excluding ortho intramolecular Hbond substituents is 1. The Balaban J connectivity index is 1.48. The third kappa shape index (κ3) is 6.14. The summed E-state index contributed by atoms with van der Waals surface area (Å²) in [5.41, 5.74) is 10.0. The number of likely N-dealkylation sites (N-methyl/N-ethyl adjacent to an activating group) is 1. The number of aliphatic hydroxyl groups excluding tert-OH is 2. The van der Waals surface area contributed by atoms with E-state index in [0.717, 1.165) is 16.7 Å². The highest BCUT2D eigenvalue weighted by Gasteiger charge is 2.33. The van der Waals surface area contributed by atoms with Crippen LogP contribution < -0.4 is 5.73 Å². The Kier molecular flexibility index (Phi) is 7.82. The normalized spacial score (nSPS) is 21.5. The second-order valence-electron chi connectivity index (χ2n) is 8.85. The standard InChI is InChI=1S/C27H32N2O5/c1-29(16-25(32)20-4-3-7-23(31)13-20)15-24-14-26(19-10-8-18(17-30)9-11-19)34-27(33-24)21-5-2-6-22(28)12-21/h2-13,24-27,30-32H,14-17,28H2,1H3/t24-,25+,26+,27+/m0/s1. The van der Waals surface area contributed by atoms with Gasteiger partial charge in [-0.3, -0.25) is 0 Å². The van der Waals surface area contributed by atoms with Crippen molar-refractivity contribution in [3.63, 3.8) is 0 Å². The predicted octanol–water partition coefficient (Wildman–Crippen LogP) is 3.68. The van der Waals surface area contributed by atoms with Crippen molar-refractivity contribution in [3.05, 3.63) is 95.1 Å². The fourth-order valence-electron chi connectivity index (χ4n) is 4.29. The number of nitrogens with two attached hydrogens (primary N) is 1. The molecular weight excluding hydrogens is 432 g/mol. The highest BCUT2D eigenvalue weighted by Crippen LogP contribution is 2.38. The molecule has 5 N–H and O–H groups in total. The molecule has 180 valence electrons. The Morgan fingerprint density at radius 1 is 1.00 bits per heavy atom. The van der Waals surface area contributed by atoms with Crippen molar-refractivity contribution in [2.45, 2.75) is 37.6 Å². The van der Waals surface area contributed by atoms with Gasteiger partial charge in [-0.2, -0.15) is 0 Å². The molecule has 0 saturated carbocycles. The van der Waals surface area contributed by atoms with Crippen LogP contribution in [0.3, 0.4) is 0 Å². The summed E-state index contributed by atoms with van der Waals surface area (Å²) in [5, 5.41) is 29.7. The lowest BCUT2D eigenvalue weighted by Gasteiger charge is -2.38. The molecule has 0 spiro atoms. The third-order valence-corrected chi connectivity index (χ3v) is 6.05. The molecule has 4 atom stereocenters. The molecule has 7 nitrogen and oxygen atoms in total. The van der Waals surface area contributed by atoms with Crippen LogP contribution >= 0.6 is 0 Å². The largest absolute Gasteiger partial charge is 0.508 e. The third-order valence-electron chi connectivity index (χ3n) is 6.05. The van der Waals surface area contributed by atoms with E-state index in [4.69, 9.17) is 15.2 Å². The summed E-state index contributed by atoms with van der Waals surface area (Å²) in [5.74, 6) is 0.131.